The van der Waals surface area contributed by atoms with Crippen molar-refractivity contribution in [2.24, 2.45) is 0 Å². The lowest BCUT2D eigenvalue weighted by atomic mass is 9.73. The molecule has 8 bridgehead atoms. The zero-order valence-corrected chi connectivity index (χ0v) is 41.7. The second-order valence-corrected chi connectivity index (χ2v) is 19.6. The van der Waals surface area contributed by atoms with Crippen LogP contribution in [0.25, 0.3) is 0 Å². The van der Waals surface area contributed by atoms with Gasteiger partial charge in [0.25, 0.3) is 0 Å². The third kappa shape index (κ3) is 7.07. The number of hydrogen-bond acceptors (Lipinski definition) is 12. The van der Waals surface area contributed by atoms with Gasteiger partial charge in [0.15, 0.2) is 0 Å². The highest BCUT2D eigenvalue weighted by Gasteiger charge is 2.41. The van der Waals surface area contributed by atoms with Gasteiger partial charge in [0, 0.05) is 90.4 Å². The van der Waals surface area contributed by atoms with Crippen molar-refractivity contribution in [1.82, 2.24) is 0 Å². The Balaban J connectivity index is 1.25. The fourth-order valence-electron chi connectivity index (χ4n) is 12.3. The van der Waals surface area contributed by atoms with Crippen LogP contribution in [0.15, 0.2) is 121 Å². The van der Waals surface area contributed by atoms with E-state index in [4.69, 9.17) is 37.9 Å². The predicted octanol–water partition coefficient (Wildman–Crippen LogP) is 12.4. The molecule has 4 aliphatic heterocycles. The van der Waals surface area contributed by atoms with Crippen LogP contribution in [-0.4, -0.2) is 27.2 Å². The molecule has 4 heterocycles. The molecular weight excluding hydrogens is 953 g/mol. The first-order chi connectivity index (χ1) is 37.2. The summed E-state index contributed by atoms with van der Waals surface area (Å²) in [5.41, 5.74) is 15.1. The Hall–Kier alpha value is -9.88. The second kappa shape index (κ2) is 18.0. The van der Waals surface area contributed by atoms with E-state index in [1.807, 2.05) is 125 Å². The molecule has 8 aromatic carbocycles. The van der Waals surface area contributed by atoms with Gasteiger partial charge in [0.05, 0.1) is 46.5 Å². The van der Waals surface area contributed by atoms with Crippen LogP contribution >= 0.6 is 0 Å². The summed E-state index contributed by atoms with van der Waals surface area (Å²) in [6.45, 7) is 7.37. The van der Waals surface area contributed by atoms with Crippen LogP contribution in [0.4, 0.5) is 0 Å². The third-order valence-electron chi connectivity index (χ3n) is 15.7. The highest BCUT2D eigenvalue weighted by Crippen LogP contribution is 2.59. The molecule has 8 aromatic rings. The summed E-state index contributed by atoms with van der Waals surface area (Å²) < 4.78 is 54.5. The Kier molecular flexibility index (Phi) is 10.9. The number of nitrogens with zero attached hydrogens (tertiary/aromatic N) is 4. The van der Waals surface area contributed by atoms with Gasteiger partial charge in [0.1, 0.15) is 46.0 Å². The Labute approximate surface area is 438 Å². The Bertz CT molecular complexity index is 3300. The summed E-state index contributed by atoms with van der Waals surface area (Å²) in [6.07, 6.45) is 0. The monoisotopic (exact) mass is 996 g/mol. The Morgan fingerprint density at radius 3 is 0.579 bits per heavy atom. The zero-order chi connectivity index (χ0) is 51.9. The van der Waals surface area contributed by atoms with Crippen LogP contribution in [0.5, 0.6) is 46.0 Å². The number of benzene rings is 8. The molecule has 0 unspecified atom stereocenters. The lowest BCUT2D eigenvalue weighted by Crippen LogP contribution is -2.25. The van der Waals surface area contributed by atoms with Crippen LogP contribution in [0, 0.1) is 73.0 Å². The lowest BCUT2D eigenvalue weighted by molar-refractivity contribution is 0.0967. The van der Waals surface area contributed by atoms with E-state index in [1.165, 1.54) is 0 Å². The highest BCUT2D eigenvalue weighted by molar-refractivity contribution is 5.73. The summed E-state index contributed by atoms with van der Waals surface area (Å²) in [5.74, 6) is 2.26. The number of ether oxygens (including phenoxy) is 8. The highest BCUT2D eigenvalue weighted by atomic mass is 16.7. The van der Waals surface area contributed by atoms with Gasteiger partial charge in [-0.15, -0.1) is 0 Å². The van der Waals surface area contributed by atoms with Crippen LogP contribution in [0.1, 0.15) is 135 Å². The average molecular weight is 997 g/mol. The maximum absolute atomic E-state index is 10.1. The van der Waals surface area contributed by atoms with Crippen molar-refractivity contribution < 1.29 is 37.9 Å². The third-order valence-corrected chi connectivity index (χ3v) is 15.7. The number of rotatable bonds is 4. The van der Waals surface area contributed by atoms with E-state index in [9.17, 15) is 21.0 Å². The van der Waals surface area contributed by atoms with E-state index in [1.54, 1.807) is 0 Å². The van der Waals surface area contributed by atoms with Crippen molar-refractivity contribution in [3.63, 3.8) is 0 Å². The summed E-state index contributed by atoms with van der Waals surface area (Å²) in [6, 6.07) is 48.5. The SMILES string of the molecule is Cc1c2c3cc4c1OCOc1c(cc5c(c1C)OCOc1c(cc6c(c1C)OCOc1c(cc(c(c1C)OCO2)C3c1ccc(C#N)cc1)C6c1ccc(C#N)cc1)C5c1ccc(C#N)cc1)C4c1ccc(C#N)cc1. The predicted molar refractivity (Wildman–Crippen MR) is 278 cm³/mol. The summed E-state index contributed by atoms with van der Waals surface area (Å²) >= 11 is 0. The fraction of sp³-hybridized carbons (Fsp3) is 0.188. The van der Waals surface area contributed by atoms with E-state index >= 15 is 0 Å². The molecule has 0 N–H and O–H groups in total. The molecule has 0 saturated carbocycles. The van der Waals surface area contributed by atoms with Gasteiger partial charge in [-0.25, -0.2) is 0 Å². The van der Waals surface area contributed by atoms with Gasteiger partial charge in [-0.05, 0) is 123 Å². The molecule has 12 heteroatoms. The zero-order valence-electron chi connectivity index (χ0n) is 41.7. The molecule has 1 aliphatic carbocycles. The van der Waals surface area contributed by atoms with Gasteiger partial charge < -0.3 is 37.9 Å². The largest absolute Gasteiger partial charge is 0.457 e. The van der Waals surface area contributed by atoms with Gasteiger partial charge in [0.2, 0.25) is 27.2 Å². The van der Waals surface area contributed by atoms with Crippen LogP contribution < -0.4 is 37.9 Å². The molecule has 76 heavy (non-hydrogen) atoms. The summed E-state index contributed by atoms with van der Waals surface area (Å²) in [7, 11) is 0. The van der Waals surface area contributed by atoms with Crippen LogP contribution in [-0.2, 0) is 0 Å². The fourth-order valence-corrected chi connectivity index (χ4v) is 12.3. The first-order valence-corrected chi connectivity index (χ1v) is 24.9. The summed E-state index contributed by atoms with van der Waals surface area (Å²) in [5, 5.41) is 40.4. The van der Waals surface area contributed by atoms with Crippen LogP contribution in [0.3, 0.4) is 0 Å². The lowest BCUT2D eigenvalue weighted by Gasteiger charge is -2.37. The number of nitriles is 4. The van der Waals surface area contributed by atoms with E-state index < -0.39 is 23.7 Å². The van der Waals surface area contributed by atoms with E-state index in [2.05, 4.69) is 48.5 Å². The molecule has 0 radical (unpaired) electrons. The molecule has 0 amide bonds. The molecular formula is C64H44N4O8. The van der Waals surface area contributed by atoms with E-state index in [0.717, 1.165) is 89.0 Å². The van der Waals surface area contributed by atoms with E-state index in [0.29, 0.717) is 68.2 Å². The topological polar surface area (TPSA) is 169 Å². The minimum Gasteiger partial charge on any atom is -0.457 e. The molecule has 0 fully saturated rings. The summed E-state index contributed by atoms with van der Waals surface area (Å²) in [4.78, 5) is 0. The molecule has 368 valence electrons. The molecule has 0 aromatic heterocycles. The van der Waals surface area contributed by atoms with Gasteiger partial charge in [-0.3, -0.25) is 0 Å². The standard InChI is InChI=1S/C64H44N4O8/c1-33-57-45-21-46-54(42-15-7-38(26-66)8-16-42)48-23-50-56(44-19-11-40(28-68)12-20-44)52-24-51-55(43-17-9-39(27-67)10-18-43)49-22-47(53(45)41-13-5-37(25-65)6-14-41)59(71-29-69-57)34(2)61(49)73-31-75-63(51)36(4)64(52)76-32-74-62(50)35(3)60(48)72-30-70-58(33)46/h5-24,53-56H,29-32H2,1-4H3. The quantitative estimate of drug-likeness (QED) is 0.164. The average Bonchev–Trinajstić information content (AvgIpc) is 3.52. The van der Waals surface area contributed by atoms with Gasteiger partial charge in [-0.1, -0.05) is 48.5 Å². The van der Waals surface area contributed by atoms with Gasteiger partial charge in [-0.2, -0.15) is 21.0 Å². The molecule has 12 nitrogen and oxygen atoms in total. The molecule has 0 saturated heterocycles. The Morgan fingerprint density at radius 2 is 0.434 bits per heavy atom. The molecule has 0 atom stereocenters. The first-order valence-electron chi connectivity index (χ1n) is 24.9. The Morgan fingerprint density at radius 1 is 0.276 bits per heavy atom. The second-order valence-electron chi connectivity index (χ2n) is 19.6. The van der Waals surface area contributed by atoms with E-state index in [-0.39, 0.29) is 27.2 Å². The normalized spacial score (nSPS) is 17.8. The van der Waals surface area contributed by atoms with Crippen LogP contribution in [0.2, 0.25) is 0 Å². The van der Waals surface area contributed by atoms with Crippen molar-refractivity contribution in [1.29, 1.82) is 21.0 Å². The van der Waals surface area contributed by atoms with Crippen molar-refractivity contribution >= 4 is 0 Å². The smallest absolute Gasteiger partial charge is 0.230 e. The molecule has 0 spiro atoms. The van der Waals surface area contributed by atoms with Crippen molar-refractivity contribution in [2.75, 3.05) is 27.2 Å². The van der Waals surface area contributed by atoms with Crippen molar-refractivity contribution in [3.05, 3.63) is 233 Å². The maximum Gasteiger partial charge on any atom is 0.230 e. The van der Waals surface area contributed by atoms with Crippen molar-refractivity contribution in [2.45, 2.75) is 51.4 Å². The minimum absolute atomic E-state index is 0.149. The minimum atomic E-state index is -0.572. The van der Waals surface area contributed by atoms with Crippen molar-refractivity contribution in [3.8, 4) is 70.3 Å². The molecule has 5 aliphatic rings. The van der Waals surface area contributed by atoms with Gasteiger partial charge >= 0.3 is 0 Å². The number of hydrogen-bond donors (Lipinski definition) is 0. The first kappa shape index (κ1) is 45.9. The maximum atomic E-state index is 10.1. The molecule has 13 rings (SSSR count).